The molecule has 3 saturated heterocycles. The Hall–Kier alpha value is -3.00. The van der Waals surface area contributed by atoms with Crippen LogP contribution in [-0.2, 0) is 4.74 Å². The molecule has 1 aromatic carbocycles. The minimum Gasteiger partial charge on any atom is -0.490 e. The molecule has 2 aromatic rings. The van der Waals surface area contributed by atoms with Gasteiger partial charge in [0, 0.05) is 83.1 Å². The van der Waals surface area contributed by atoms with E-state index in [4.69, 9.17) is 9.47 Å². The number of carbonyl (C=O) groups excluding carboxylic acids is 1. The maximum Gasteiger partial charge on any atom is 0.410 e. The van der Waals surface area contributed by atoms with E-state index in [2.05, 4.69) is 56.1 Å². The van der Waals surface area contributed by atoms with Crippen molar-refractivity contribution in [2.24, 2.45) is 0 Å². The Morgan fingerprint density at radius 1 is 0.892 bits per heavy atom. The summed E-state index contributed by atoms with van der Waals surface area (Å²) in [6.07, 6.45) is 4.61. The molecule has 0 radical (unpaired) electrons. The minimum absolute atomic E-state index is 0.131. The highest BCUT2D eigenvalue weighted by Gasteiger charge is 2.33. The fraction of sp³-hybridized carbons (Fsp3) is 0.586. The molecular formula is C29H41N5O3. The highest BCUT2D eigenvalue weighted by atomic mass is 16.6. The van der Waals surface area contributed by atoms with Gasteiger partial charge in [-0.15, -0.1) is 0 Å². The lowest BCUT2D eigenvalue weighted by molar-refractivity contribution is 0.0126. The molecule has 0 aliphatic carbocycles. The van der Waals surface area contributed by atoms with Crippen LogP contribution in [0.2, 0.25) is 0 Å². The van der Waals surface area contributed by atoms with E-state index in [1.807, 2.05) is 33.0 Å². The topological polar surface area (TPSA) is 61.4 Å². The lowest BCUT2D eigenvalue weighted by Crippen LogP contribution is -2.60. The zero-order valence-electron chi connectivity index (χ0n) is 22.5. The molecule has 3 aliphatic heterocycles. The maximum atomic E-state index is 12.3. The quantitative estimate of drug-likeness (QED) is 0.599. The number of aromatic nitrogens is 1. The predicted molar refractivity (Wildman–Crippen MR) is 147 cm³/mol. The molecule has 0 atom stereocenters. The molecule has 0 spiro atoms. The number of hydrogen-bond acceptors (Lipinski definition) is 7. The summed E-state index contributed by atoms with van der Waals surface area (Å²) in [7, 11) is 0. The van der Waals surface area contributed by atoms with E-state index >= 15 is 0 Å². The number of piperidine rings is 1. The van der Waals surface area contributed by atoms with Crippen molar-refractivity contribution in [3.8, 4) is 5.75 Å². The molecule has 0 unspecified atom stereocenters. The minimum atomic E-state index is -0.461. The van der Waals surface area contributed by atoms with Gasteiger partial charge in [0.05, 0.1) is 0 Å². The van der Waals surface area contributed by atoms with Gasteiger partial charge in [-0.05, 0) is 63.6 Å². The summed E-state index contributed by atoms with van der Waals surface area (Å²) in [5, 5.41) is 0. The van der Waals surface area contributed by atoms with Gasteiger partial charge in [0.25, 0.3) is 0 Å². The van der Waals surface area contributed by atoms with Crippen molar-refractivity contribution in [3.05, 3.63) is 48.7 Å². The van der Waals surface area contributed by atoms with Gasteiger partial charge in [0.15, 0.2) is 0 Å². The molecule has 4 heterocycles. The summed E-state index contributed by atoms with van der Waals surface area (Å²) in [4.78, 5) is 26.1. The molecule has 3 aliphatic rings. The van der Waals surface area contributed by atoms with Crippen molar-refractivity contribution < 1.29 is 14.3 Å². The lowest BCUT2D eigenvalue weighted by Gasteiger charge is -2.46. The largest absolute Gasteiger partial charge is 0.490 e. The summed E-state index contributed by atoms with van der Waals surface area (Å²) in [5.41, 5.74) is 0.796. The smallest absolute Gasteiger partial charge is 0.410 e. The third kappa shape index (κ3) is 6.66. The van der Waals surface area contributed by atoms with Crippen molar-refractivity contribution in [2.75, 3.05) is 62.2 Å². The Labute approximate surface area is 221 Å². The van der Waals surface area contributed by atoms with Gasteiger partial charge >= 0.3 is 6.09 Å². The number of anilines is 2. The van der Waals surface area contributed by atoms with Crippen LogP contribution in [0.1, 0.15) is 40.0 Å². The zero-order chi connectivity index (χ0) is 25.8. The number of pyridine rings is 1. The number of nitrogens with zero attached hydrogens (tertiary/aromatic N) is 5. The van der Waals surface area contributed by atoms with Crippen molar-refractivity contribution in [1.29, 1.82) is 0 Å². The Balaban J connectivity index is 1.04. The van der Waals surface area contributed by atoms with Gasteiger partial charge in [-0.1, -0.05) is 6.07 Å². The van der Waals surface area contributed by atoms with E-state index in [1.165, 1.54) is 12.1 Å². The third-order valence-electron chi connectivity index (χ3n) is 7.48. The van der Waals surface area contributed by atoms with Crippen LogP contribution in [-0.4, -0.2) is 91.0 Å². The fourth-order valence-electron chi connectivity index (χ4n) is 5.38. The molecular weight excluding hydrogens is 466 g/mol. The first-order valence-electron chi connectivity index (χ1n) is 13.7. The second kappa shape index (κ2) is 11.2. The van der Waals surface area contributed by atoms with Gasteiger partial charge in [0.2, 0.25) is 0 Å². The zero-order valence-corrected chi connectivity index (χ0v) is 22.5. The van der Waals surface area contributed by atoms with Gasteiger partial charge < -0.3 is 24.2 Å². The molecule has 200 valence electrons. The van der Waals surface area contributed by atoms with E-state index in [0.29, 0.717) is 19.1 Å². The number of ether oxygens (including phenoxy) is 2. The molecule has 8 heteroatoms. The molecule has 0 bridgehead atoms. The van der Waals surface area contributed by atoms with Crippen LogP contribution >= 0.6 is 0 Å². The van der Waals surface area contributed by atoms with Crippen molar-refractivity contribution >= 4 is 17.6 Å². The first kappa shape index (κ1) is 25.6. The van der Waals surface area contributed by atoms with Crippen LogP contribution < -0.4 is 14.5 Å². The Morgan fingerprint density at radius 3 is 2.32 bits per heavy atom. The Kier molecular flexibility index (Phi) is 7.74. The Bertz CT molecular complexity index is 1010. The molecule has 0 saturated carbocycles. The monoisotopic (exact) mass is 507 g/mol. The average Bonchev–Trinajstić information content (AvgIpc) is 3.10. The highest BCUT2D eigenvalue weighted by molar-refractivity contribution is 5.68. The first-order chi connectivity index (χ1) is 17.8. The molecule has 37 heavy (non-hydrogen) atoms. The van der Waals surface area contributed by atoms with Crippen molar-refractivity contribution in [2.45, 2.75) is 57.8 Å². The second-order valence-electron chi connectivity index (χ2n) is 11.4. The van der Waals surface area contributed by atoms with Crippen molar-refractivity contribution in [1.82, 2.24) is 14.8 Å². The number of hydrogen-bond donors (Lipinski definition) is 0. The van der Waals surface area contributed by atoms with Gasteiger partial charge in [-0.2, -0.15) is 0 Å². The van der Waals surface area contributed by atoms with Crippen LogP contribution in [0.15, 0.2) is 48.7 Å². The molecule has 5 rings (SSSR count). The summed E-state index contributed by atoms with van der Waals surface area (Å²) in [5.74, 6) is 1.99. The van der Waals surface area contributed by atoms with E-state index in [1.54, 1.807) is 4.90 Å². The van der Waals surface area contributed by atoms with Crippen LogP contribution in [0.3, 0.4) is 0 Å². The normalized spacial score (nSPS) is 20.4. The third-order valence-corrected chi connectivity index (χ3v) is 7.48. The Morgan fingerprint density at radius 2 is 1.65 bits per heavy atom. The fourth-order valence-corrected chi connectivity index (χ4v) is 5.38. The maximum absolute atomic E-state index is 12.3. The van der Waals surface area contributed by atoms with Crippen LogP contribution in [0.5, 0.6) is 5.75 Å². The summed E-state index contributed by atoms with van der Waals surface area (Å²) >= 11 is 0. The molecule has 1 aromatic heterocycles. The van der Waals surface area contributed by atoms with E-state index in [-0.39, 0.29) is 12.2 Å². The van der Waals surface area contributed by atoms with Crippen LogP contribution in [0, 0.1) is 0 Å². The molecule has 1 amide bonds. The van der Waals surface area contributed by atoms with Gasteiger partial charge in [0.1, 0.15) is 23.3 Å². The average molecular weight is 508 g/mol. The number of benzene rings is 1. The molecule has 8 nitrogen and oxygen atoms in total. The predicted octanol–water partition coefficient (Wildman–Crippen LogP) is 4.26. The van der Waals surface area contributed by atoms with Crippen LogP contribution in [0.4, 0.5) is 16.3 Å². The van der Waals surface area contributed by atoms with E-state index in [9.17, 15) is 4.79 Å². The second-order valence-corrected chi connectivity index (χ2v) is 11.4. The molecule has 3 fully saturated rings. The number of amides is 1. The number of rotatable bonds is 5. The summed E-state index contributed by atoms with van der Waals surface area (Å²) in [6, 6.07) is 15.3. The lowest BCUT2D eigenvalue weighted by atomic mass is 10.1. The number of carbonyl (C=O) groups is 1. The number of likely N-dealkylation sites (tertiary alicyclic amines) is 1. The van der Waals surface area contributed by atoms with Gasteiger partial charge in [-0.25, -0.2) is 9.78 Å². The SMILES string of the molecule is CC(C)(C)OC(=O)N1CCC(Oc2ccc(N3CC(N4CCCN(c5ccccn5)CC4)C3)cc2)CC1. The van der Waals surface area contributed by atoms with E-state index < -0.39 is 5.60 Å². The first-order valence-corrected chi connectivity index (χ1v) is 13.7. The highest BCUT2D eigenvalue weighted by Crippen LogP contribution is 2.28. The van der Waals surface area contributed by atoms with Gasteiger partial charge in [-0.3, -0.25) is 4.90 Å². The van der Waals surface area contributed by atoms with Crippen LogP contribution in [0.25, 0.3) is 0 Å². The van der Waals surface area contributed by atoms with E-state index in [0.717, 1.165) is 63.7 Å². The molecule has 0 N–H and O–H groups in total. The standard InChI is InChI=1S/C29H41N5O3/c1-29(2,3)37-28(35)33-17-12-26(13-18-33)36-25-10-8-23(9-11-25)34-21-24(22-34)31-15-6-16-32(20-19-31)27-7-4-5-14-30-27/h4-5,7-11,14,24,26H,6,12-13,15-22H2,1-3H3. The summed E-state index contributed by atoms with van der Waals surface area (Å²) < 4.78 is 11.7. The van der Waals surface area contributed by atoms with Crippen molar-refractivity contribution in [3.63, 3.8) is 0 Å². The summed E-state index contributed by atoms with van der Waals surface area (Å²) in [6.45, 7) is 13.6.